The maximum atomic E-state index is 13.2. The van der Waals surface area contributed by atoms with E-state index >= 15 is 0 Å². The van der Waals surface area contributed by atoms with E-state index in [-0.39, 0.29) is 22.9 Å². The fourth-order valence-electron chi connectivity index (χ4n) is 1.92. The monoisotopic (exact) mass is 241 g/mol. The number of aromatic nitrogens is 1. The number of rotatable bonds is 3. The van der Waals surface area contributed by atoms with Crippen molar-refractivity contribution in [3.8, 4) is 0 Å². The van der Waals surface area contributed by atoms with Crippen molar-refractivity contribution in [1.82, 2.24) is 4.98 Å². The van der Waals surface area contributed by atoms with Gasteiger partial charge in [0.2, 0.25) is 0 Å². The van der Waals surface area contributed by atoms with Gasteiger partial charge in [-0.1, -0.05) is 0 Å². The van der Waals surface area contributed by atoms with Crippen molar-refractivity contribution in [3.63, 3.8) is 0 Å². The Hall–Kier alpha value is -1.52. The normalized spacial score (nSPS) is 16.0. The fourth-order valence-corrected chi connectivity index (χ4v) is 1.92. The van der Waals surface area contributed by atoms with Gasteiger partial charge >= 0.3 is 5.97 Å². The minimum Gasteiger partial charge on any atom is -0.478 e. The highest BCUT2D eigenvalue weighted by atomic mass is 19.3. The van der Waals surface area contributed by atoms with Gasteiger partial charge in [0.15, 0.2) is 0 Å². The fraction of sp³-hybridized carbons (Fsp3) is 0.500. The van der Waals surface area contributed by atoms with Crippen LogP contribution in [0, 0.1) is 6.92 Å². The minimum atomic E-state index is -3.04. The molecule has 0 spiro atoms. The number of aromatic carboxylic acids is 1. The highest BCUT2D eigenvalue weighted by molar-refractivity contribution is 5.91. The third-order valence-corrected chi connectivity index (χ3v) is 2.91. The lowest BCUT2D eigenvalue weighted by molar-refractivity contribution is 0.0124. The summed E-state index contributed by atoms with van der Waals surface area (Å²) < 4.78 is 26.4. The number of pyridine rings is 1. The van der Waals surface area contributed by atoms with Gasteiger partial charge in [-0.05, 0) is 37.3 Å². The number of carboxylic acid groups (broad SMARTS) is 1. The van der Waals surface area contributed by atoms with E-state index in [1.165, 1.54) is 13.0 Å². The number of halogens is 2. The van der Waals surface area contributed by atoms with Crippen molar-refractivity contribution < 1.29 is 18.7 Å². The number of carbonyl (C=O) groups is 1. The third kappa shape index (κ3) is 2.28. The highest BCUT2D eigenvalue weighted by Crippen LogP contribution is 2.43. The number of hydrogen-bond acceptors (Lipinski definition) is 2. The number of hydrogen-bond donors (Lipinski definition) is 1. The Kier molecular flexibility index (Phi) is 2.64. The number of aryl methyl sites for hydroxylation is 1. The van der Waals surface area contributed by atoms with Crippen LogP contribution in [0.4, 0.5) is 8.78 Å². The van der Waals surface area contributed by atoms with Crippen molar-refractivity contribution in [1.29, 1.82) is 0 Å². The Morgan fingerprint density at radius 3 is 2.53 bits per heavy atom. The molecule has 2 rings (SSSR count). The molecule has 0 saturated heterocycles. The molecule has 0 aromatic carbocycles. The molecule has 0 amide bonds. The number of nitrogens with zero attached hydrogens (tertiary/aromatic N) is 1. The lowest BCUT2D eigenvalue weighted by atomic mass is 10.00. The Bertz CT molecular complexity index is 476. The average Bonchev–Trinajstić information content (AvgIpc) is 2.96. The maximum Gasteiger partial charge on any atom is 0.337 e. The molecule has 0 atom stereocenters. The average molecular weight is 241 g/mol. The second kappa shape index (κ2) is 3.75. The van der Waals surface area contributed by atoms with E-state index in [0.29, 0.717) is 5.56 Å². The standard InChI is InChI=1S/C12H13F2NO2/c1-6-10(11(16)17)8(7-3-4-7)5-9(15-6)12(2,13)14/h5,7H,3-4H2,1-2H3,(H,16,17). The van der Waals surface area contributed by atoms with Crippen LogP contribution in [0.3, 0.4) is 0 Å². The second-order valence-electron chi connectivity index (χ2n) is 4.52. The molecule has 1 saturated carbocycles. The summed E-state index contributed by atoms with van der Waals surface area (Å²) in [5.74, 6) is -4.03. The van der Waals surface area contributed by atoms with Gasteiger partial charge in [0.1, 0.15) is 5.69 Å². The SMILES string of the molecule is Cc1nc(C(C)(F)F)cc(C2CC2)c1C(=O)O. The molecule has 3 nitrogen and oxygen atoms in total. The molecular formula is C12H13F2NO2. The molecule has 1 N–H and O–H groups in total. The van der Waals surface area contributed by atoms with E-state index in [2.05, 4.69) is 4.98 Å². The van der Waals surface area contributed by atoms with Crippen LogP contribution in [0.25, 0.3) is 0 Å². The van der Waals surface area contributed by atoms with Crippen molar-refractivity contribution in [2.24, 2.45) is 0 Å². The zero-order valence-corrected chi connectivity index (χ0v) is 9.63. The largest absolute Gasteiger partial charge is 0.478 e. The first-order chi connectivity index (χ1) is 7.80. The minimum absolute atomic E-state index is 0.0838. The van der Waals surface area contributed by atoms with Crippen LogP contribution in [-0.2, 0) is 5.92 Å². The smallest absolute Gasteiger partial charge is 0.337 e. The van der Waals surface area contributed by atoms with E-state index in [4.69, 9.17) is 5.11 Å². The van der Waals surface area contributed by atoms with Crippen molar-refractivity contribution in [2.75, 3.05) is 0 Å². The molecule has 1 heterocycles. The van der Waals surface area contributed by atoms with Crippen LogP contribution in [0.2, 0.25) is 0 Å². The predicted octanol–water partition coefficient (Wildman–Crippen LogP) is 3.08. The Morgan fingerprint density at radius 2 is 2.12 bits per heavy atom. The first-order valence-electron chi connectivity index (χ1n) is 5.44. The van der Waals surface area contributed by atoms with Gasteiger partial charge in [0.25, 0.3) is 5.92 Å². The highest BCUT2D eigenvalue weighted by Gasteiger charge is 2.34. The number of alkyl halides is 2. The summed E-state index contributed by atoms with van der Waals surface area (Å²) in [5.41, 5.74) is 0.405. The van der Waals surface area contributed by atoms with E-state index in [9.17, 15) is 13.6 Å². The summed E-state index contributed by atoms with van der Waals surface area (Å²) in [6, 6.07) is 1.24. The maximum absolute atomic E-state index is 13.2. The summed E-state index contributed by atoms with van der Waals surface area (Å²) in [6.07, 6.45) is 1.72. The van der Waals surface area contributed by atoms with Gasteiger partial charge in [-0.2, -0.15) is 8.78 Å². The zero-order valence-electron chi connectivity index (χ0n) is 9.63. The molecule has 1 aromatic heterocycles. The molecular weight excluding hydrogens is 228 g/mol. The Balaban J connectivity index is 2.60. The molecule has 1 aliphatic rings. The lowest BCUT2D eigenvalue weighted by Gasteiger charge is -2.15. The van der Waals surface area contributed by atoms with Crippen molar-refractivity contribution >= 4 is 5.97 Å². The Morgan fingerprint density at radius 1 is 1.53 bits per heavy atom. The predicted molar refractivity (Wildman–Crippen MR) is 57.5 cm³/mol. The quantitative estimate of drug-likeness (QED) is 0.884. The molecule has 0 radical (unpaired) electrons. The lowest BCUT2D eigenvalue weighted by Crippen LogP contribution is -2.15. The van der Waals surface area contributed by atoms with Gasteiger partial charge in [0, 0.05) is 6.92 Å². The summed E-state index contributed by atoms with van der Waals surface area (Å²) in [7, 11) is 0. The first-order valence-corrected chi connectivity index (χ1v) is 5.44. The summed E-state index contributed by atoms with van der Waals surface area (Å²) in [6.45, 7) is 2.23. The van der Waals surface area contributed by atoms with Crippen molar-refractivity contribution in [3.05, 3.63) is 28.6 Å². The van der Waals surface area contributed by atoms with Gasteiger partial charge < -0.3 is 5.11 Å². The molecule has 1 aromatic rings. The third-order valence-electron chi connectivity index (χ3n) is 2.91. The molecule has 1 fully saturated rings. The molecule has 92 valence electrons. The molecule has 0 bridgehead atoms. The van der Waals surface area contributed by atoms with Gasteiger partial charge in [-0.15, -0.1) is 0 Å². The molecule has 0 unspecified atom stereocenters. The molecule has 5 heteroatoms. The van der Waals surface area contributed by atoms with Crippen LogP contribution < -0.4 is 0 Å². The van der Waals surface area contributed by atoms with Crippen LogP contribution in [-0.4, -0.2) is 16.1 Å². The first kappa shape index (κ1) is 12.0. The van der Waals surface area contributed by atoms with E-state index in [1.807, 2.05) is 0 Å². The van der Waals surface area contributed by atoms with Crippen LogP contribution in [0.5, 0.6) is 0 Å². The van der Waals surface area contributed by atoms with E-state index < -0.39 is 11.9 Å². The molecule has 0 aliphatic heterocycles. The van der Waals surface area contributed by atoms with Crippen LogP contribution >= 0.6 is 0 Å². The topological polar surface area (TPSA) is 50.2 Å². The summed E-state index contributed by atoms with van der Waals surface area (Å²) in [4.78, 5) is 14.8. The van der Waals surface area contributed by atoms with Crippen LogP contribution in [0.1, 0.15) is 53.0 Å². The second-order valence-corrected chi connectivity index (χ2v) is 4.52. The zero-order chi connectivity index (χ0) is 12.8. The van der Waals surface area contributed by atoms with E-state index in [1.54, 1.807) is 0 Å². The Labute approximate surface area is 97.5 Å². The van der Waals surface area contributed by atoms with Crippen molar-refractivity contribution in [2.45, 2.75) is 38.5 Å². The van der Waals surface area contributed by atoms with Crippen LogP contribution in [0.15, 0.2) is 6.07 Å². The number of carboxylic acids is 1. The van der Waals surface area contributed by atoms with Gasteiger partial charge in [-0.25, -0.2) is 4.79 Å². The molecule has 1 aliphatic carbocycles. The van der Waals surface area contributed by atoms with E-state index in [0.717, 1.165) is 19.8 Å². The summed E-state index contributed by atoms with van der Waals surface area (Å²) >= 11 is 0. The molecule has 17 heavy (non-hydrogen) atoms. The summed E-state index contributed by atoms with van der Waals surface area (Å²) in [5, 5.41) is 9.09. The van der Waals surface area contributed by atoms with Gasteiger partial charge in [0.05, 0.1) is 11.3 Å². The van der Waals surface area contributed by atoms with Gasteiger partial charge in [-0.3, -0.25) is 4.98 Å².